The van der Waals surface area contributed by atoms with E-state index in [1.54, 1.807) is 6.07 Å². The van der Waals surface area contributed by atoms with Crippen LogP contribution >= 0.6 is 0 Å². The number of nitrogens with two attached hydrogens (primary N) is 2. The van der Waals surface area contributed by atoms with Crippen LogP contribution in [-0.4, -0.2) is 15.5 Å². The van der Waals surface area contributed by atoms with E-state index in [0.29, 0.717) is 5.56 Å². The summed E-state index contributed by atoms with van der Waals surface area (Å²) in [6.07, 6.45) is 5.15. The molecule has 1 aliphatic carbocycles. The fraction of sp³-hybridized carbons (Fsp3) is 0.333. The number of nitrogens with zero attached hydrogens (tertiary/aromatic N) is 2. The zero-order valence-corrected chi connectivity index (χ0v) is 13.0. The van der Waals surface area contributed by atoms with Gasteiger partial charge in [-0.15, -0.1) is 0 Å². The monoisotopic (exact) mass is 308 g/mol. The molecule has 5 nitrogen and oxygen atoms in total. The van der Waals surface area contributed by atoms with Crippen LogP contribution in [0.4, 0.5) is 5.82 Å². The van der Waals surface area contributed by atoms with Crippen LogP contribution in [0.5, 0.6) is 0 Å². The Morgan fingerprint density at radius 3 is 2.78 bits per heavy atom. The second-order valence-electron chi connectivity index (χ2n) is 6.41. The van der Waals surface area contributed by atoms with Crippen LogP contribution in [0.1, 0.15) is 36.0 Å². The van der Waals surface area contributed by atoms with Crippen LogP contribution in [0.25, 0.3) is 21.9 Å². The normalized spacial score (nSPS) is 14.6. The van der Waals surface area contributed by atoms with Crippen LogP contribution in [0, 0.1) is 5.92 Å². The largest absolute Gasteiger partial charge is 0.383 e. The lowest BCUT2D eigenvalue weighted by atomic mass is 10.1. The van der Waals surface area contributed by atoms with Gasteiger partial charge in [0.05, 0.1) is 11.1 Å². The molecule has 0 bridgehead atoms. The van der Waals surface area contributed by atoms with Crippen molar-refractivity contribution >= 4 is 33.7 Å². The molecule has 1 aromatic carbocycles. The highest BCUT2D eigenvalue weighted by Crippen LogP contribution is 2.35. The molecule has 0 aliphatic heterocycles. The third-order valence-electron chi connectivity index (χ3n) is 4.73. The highest BCUT2D eigenvalue weighted by Gasteiger charge is 2.21. The average molecular weight is 308 g/mol. The number of carbonyl (C=O) groups excluding carboxylic acids is 1. The number of aryl methyl sites for hydroxylation is 1. The Bertz CT molecular complexity index is 908. The summed E-state index contributed by atoms with van der Waals surface area (Å²) in [5, 5.41) is 2.03. The molecule has 1 amide bonds. The van der Waals surface area contributed by atoms with E-state index in [4.69, 9.17) is 11.5 Å². The van der Waals surface area contributed by atoms with Crippen molar-refractivity contribution in [1.29, 1.82) is 0 Å². The Balaban J connectivity index is 1.87. The summed E-state index contributed by atoms with van der Waals surface area (Å²) in [5.74, 6) is 0.585. The molecule has 1 aliphatic rings. The highest BCUT2D eigenvalue weighted by atomic mass is 16.1. The van der Waals surface area contributed by atoms with Gasteiger partial charge in [-0.2, -0.15) is 0 Å². The number of carbonyl (C=O) groups is 1. The van der Waals surface area contributed by atoms with Gasteiger partial charge < -0.3 is 16.0 Å². The van der Waals surface area contributed by atoms with Crippen LogP contribution in [0.3, 0.4) is 0 Å². The maximum absolute atomic E-state index is 11.6. The minimum absolute atomic E-state index is 0.205. The number of aromatic nitrogens is 2. The zero-order chi connectivity index (χ0) is 16.0. The maximum atomic E-state index is 11.6. The molecule has 2 heterocycles. The molecule has 2 aromatic heterocycles. The van der Waals surface area contributed by atoms with E-state index < -0.39 is 5.91 Å². The van der Waals surface area contributed by atoms with Gasteiger partial charge in [-0.25, -0.2) is 4.98 Å². The first-order valence-electron chi connectivity index (χ1n) is 8.12. The minimum Gasteiger partial charge on any atom is -0.383 e. The molecule has 0 saturated heterocycles. The lowest BCUT2D eigenvalue weighted by Crippen LogP contribution is -2.14. The van der Waals surface area contributed by atoms with Gasteiger partial charge in [-0.1, -0.05) is 31.0 Å². The number of hydrogen-bond donors (Lipinski definition) is 2. The van der Waals surface area contributed by atoms with Gasteiger partial charge in [0, 0.05) is 17.3 Å². The highest BCUT2D eigenvalue weighted by molar-refractivity contribution is 6.10. The molecule has 5 heteroatoms. The van der Waals surface area contributed by atoms with E-state index >= 15 is 0 Å². The van der Waals surface area contributed by atoms with Gasteiger partial charge in [-0.3, -0.25) is 4.79 Å². The van der Waals surface area contributed by atoms with Crippen LogP contribution in [-0.2, 0) is 6.54 Å². The number of nitrogen functional groups attached to an aromatic ring is 1. The van der Waals surface area contributed by atoms with Gasteiger partial charge in [-0.05, 0) is 30.9 Å². The first-order chi connectivity index (χ1) is 11.1. The summed E-state index contributed by atoms with van der Waals surface area (Å²) >= 11 is 0. The van der Waals surface area contributed by atoms with E-state index in [1.807, 2.05) is 12.1 Å². The first-order valence-corrected chi connectivity index (χ1v) is 8.12. The number of hydrogen-bond acceptors (Lipinski definition) is 3. The Kier molecular flexibility index (Phi) is 3.22. The van der Waals surface area contributed by atoms with Gasteiger partial charge in [0.2, 0.25) is 0 Å². The summed E-state index contributed by atoms with van der Waals surface area (Å²) in [6.45, 7) is 0.920. The molecule has 0 unspecified atom stereocenters. The predicted molar refractivity (Wildman–Crippen MR) is 92.1 cm³/mol. The van der Waals surface area contributed by atoms with E-state index in [9.17, 15) is 4.79 Å². The van der Waals surface area contributed by atoms with Crippen LogP contribution < -0.4 is 11.5 Å². The number of primary amides is 1. The SMILES string of the molecule is NC(=O)c1cc2c3ccccc3n(CCCC3CC3)c2nc1N. The molecule has 118 valence electrons. The Morgan fingerprint density at radius 2 is 2.04 bits per heavy atom. The van der Waals surface area contributed by atoms with Crippen LogP contribution in [0.15, 0.2) is 30.3 Å². The van der Waals surface area contributed by atoms with Crippen molar-refractivity contribution < 1.29 is 4.79 Å². The van der Waals surface area contributed by atoms with Crippen molar-refractivity contribution in [2.24, 2.45) is 11.7 Å². The van der Waals surface area contributed by atoms with Crippen LogP contribution in [0.2, 0.25) is 0 Å². The Labute approximate surface area is 134 Å². The van der Waals surface area contributed by atoms with E-state index in [1.165, 1.54) is 19.3 Å². The Hall–Kier alpha value is -2.56. The minimum atomic E-state index is -0.539. The fourth-order valence-electron chi connectivity index (χ4n) is 3.34. The number of para-hydroxylation sites is 1. The molecular formula is C18H20N4O. The molecule has 0 radical (unpaired) electrons. The van der Waals surface area contributed by atoms with E-state index in [0.717, 1.165) is 40.8 Å². The van der Waals surface area contributed by atoms with Crippen molar-refractivity contribution in [2.75, 3.05) is 5.73 Å². The van der Waals surface area contributed by atoms with Crippen molar-refractivity contribution in [2.45, 2.75) is 32.2 Å². The summed E-state index contributed by atoms with van der Waals surface area (Å²) in [6, 6.07) is 9.94. The molecule has 1 fully saturated rings. The topological polar surface area (TPSA) is 86.9 Å². The molecule has 23 heavy (non-hydrogen) atoms. The number of amides is 1. The lowest BCUT2D eigenvalue weighted by molar-refractivity contribution is 0.100. The average Bonchev–Trinajstić information content (AvgIpc) is 3.31. The second kappa shape index (κ2) is 5.26. The number of anilines is 1. The molecule has 0 atom stereocenters. The smallest absolute Gasteiger partial charge is 0.252 e. The number of fused-ring (bicyclic) bond motifs is 3. The molecule has 3 aromatic rings. The van der Waals surface area contributed by atoms with E-state index in [2.05, 4.69) is 21.7 Å². The zero-order valence-electron chi connectivity index (χ0n) is 13.0. The third-order valence-corrected chi connectivity index (χ3v) is 4.73. The molecule has 4 rings (SSSR count). The van der Waals surface area contributed by atoms with Gasteiger partial charge in [0.1, 0.15) is 11.5 Å². The van der Waals surface area contributed by atoms with Gasteiger partial charge in [0.15, 0.2) is 0 Å². The van der Waals surface area contributed by atoms with E-state index in [-0.39, 0.29) is 5.82 Å². The second-order valence-corrected chi connectivity index (χ2v) is 6.41. The Morgan fingerprint density at radius 1 is 1.26 bits per heavy atom. The van der Waals surface area contributed by atoms with Crippen molar-refractivity contribution in [3.05, 3.63) is 35.9 Å². The fourth-order valence-corrected chi connectivity index (χ4v) is 3.34. The number of pyridine rings is 1. The quantitative estimate of drug-likeness (QED) is 0.759. The summed E-state index contributed by atoms with van der Waals surface area (Å²) < 4.78 is 2.22. The maximum Gasteiger partial charge on any atom is 0.252 e. The molecule has 0 spiro atoms. The predicted octanol–water partition coefficient (Wildman–Crippen LogP) is 3.06. The summed E-state index contributed by atoms with van der Waals surface area (Å²) in [7, 11) is 0. The van der Waals surface area contributed by atoms with Crippen molar-refractivity contribution in [3.8, 4) is 0 Å². The molecule has 4 N–H and O–H groups in total. The standard InChI is InChI=1S/C18H20N4O/c19-16-14(17(20)23)10-13-12-5-1-2-6-15(12)22(18(13)21-16)9-3-4-11-7-8-11/h1-2,5-6,10-11H,3-4,7-9H2,(H2,19,21)(H2,20,23). The van der Waals surface area contributed by atoms with Crippen molar-refractivity contribution in [1.82, 2.24) is 9.55 Å². The molecule has 1 saturated carbocycles. The number of benzene rings is 1. The summed E-state index contributed by atoms with van der Waals surface area (Å²) in [4.78, 5) is 16.0. The number of rotatable bonds is 5. The summed E-state index contributed by atoms with van der Waals surface area (Å²) in [5.41, 5.74) is 13.6. The van der Waals surface area contributed by atoms with Crippen molar-refractivity contribution in [3.63, 3.8) is 0 Å². The molecular weight excluding hydrogens is 288 g/mol. The first kappa shape index (κ1) is 14.1. The van der Waals surface area contributed by atoms with Gasteiger partial charge >= 0.3 is 0 Å². The third kappa shape index (κ3) is 2.42. The van der Waals surface area contributed by atoms with Gasteiger partial charge in [0.25, 0.3) is 5.91 Å². The lowest BCUT2D eigenvalue weighted by Gasteiger charge is -2.07.